The van der Waals surface area contributed by atoms with Gasteiger partial charge < -0.3 is 10.1 Å². The molecule has 0 aliphatic rings. The normalized spacial score (nSPS) is 11.3. The van der Waals surface area contributed by atoms with E-state index in [0.29, 0.717) is 17.7 Å². The van der Waals surface area contributed by atoms with Gasteiger partial charge in [0.25, 0.3) is 5.91 Å². The van der Waals surface area contributed by atoms with E-state index in [1.807, 2.05) is 13.8 Å². The van der Waals surface area contributed by atoms with Gasteiger partial charge in [0.1, 0.15) is 6.04 Å². The van der Waals surface area contributed by atoms with Crippen LogP contribution in [0.2, 0.25) is 0 Å². The molecule has 0 unspecified atom stereocenters. The van der Waals surface area contributed by atoms with E-state index in [1.54, 1.807) is 24.3 Å². The molecule has 0 aromatic heterocycles. The molecule has 4 nitrogen and oxygen atoms in total. The van der Waals surface area contributed by atoms with Crippen molar-refractivity contribution in [2.45, 2.75) is 78.2 Å². The molecule has 1 N–H and O–H groups in total. The quantitative estimate of drug-likeness (QED) is 0.271. The van der Waals surface area contributed by atoms with Crippen LogP contribution in [0.3, 0.4) is 0 Å². The molecule has 0 aliphatic heterocycles. The van der Waals surface area contributed by atoms with Crippen molar-refractivity contribution in [3.05, 3.63) is 35.4 Å². The van der Waals surface area contributed by atoms with Crippen molar-refractivity contribution in [3.63, 3.8) is 0 Å². The van der Waals surface area contributed by atoms with Crippen LogP contribution in [0.25, 0.3) is 0 Å². The number of rotatable bonds is 13. The molecule has 29 heavy (non-hydrogen) atoms. The molecule has 1 rings (SSSR count). The average Bonchev–Trinajstić information content (AvgIpc) is 2.70. The zero-order chi connectivity index (χ0) is 20.8. The Morgan fingerprint density at radius 1 is 1.00 bits per heavy atom. The highest BCUT2D eigenvalue weighted by molar-refractivity contribution is 7.59. The minimum Gasteiger partial charge on any atom is -0.464 e. The van der Waals surface area contributed by atoms with Crippen LogP contribution >= 0.6 is 13.5 Å². The van der Waals surface area contributed by atoms with Gasteiger partial charge in [-0.25, -0.2) is 4.79 Å². The van der Waals surface area contributed by atoms with E-state index in [9.17, 15) is 9.59 Å². The van der Waals surface area contributed by atoms with Crippen molar-refractivity contribution in [2.75, 3.05) is 6.61 Å². The van der Waals surface area contributed by atoms with Gasteiger partial charge in [0.05, 0.1) is 6.61 Å². The number of unbranched alkanes of at least 4 members (excludes halogenated alkanes) is 7. The Bertz CT molecular complexity index is 635. The summed E-state index contributed by atoms with van der Waals surface area (Å²) in [5.74, 6) is 1.79. The maximum Gasteiger partial charge on any atom is 0.328 e. The van der Waals surface area contributed by atoms with Gasteiger partial charge in [0, 0.05) is 11.1 Å². The van der Waals surface area contributed by atoms with Gasteiger partial charge in [-0.2, -0.15) is 13.5 Å². The summed E-state index contributed by atoms with van der Waals surface area (Å²) in [7, 11) is 0. The van der Waals surface area contributed by atoms with Crippen molar-refractivity contribution < 1.29 is 14.3 Å². The fraction of sp³-hybridized carbons (Fsp3) is 0.583. The van der Waals surface area contributed by atoms with E-state index in [0.717, 1.165) is 12.8 Å². The molecule has 162 valence electrons. The standard InChI is InChI=1S/C24H35NO3.H2S/c1-5-7-8-9-10-11-12-13-18-28-24(27)22(19(3)4)25-23(26)21-16-14-20(6-2)15-17-21;/h2,14-17,19,22H,5,7-13,18H2,1,3-4H3,(H,25,26);1H2/t22-;/m0./s1. The Morgan fingerprint density at radius 2 is 1.55 bits per heavy atom. The minimum atomic E-state index is -0.658. The van der Waals surface area contributed by atoms with Gasteiger partial charge in [0.15, 0.2) is 0 Å². The molecule has 1 atom stereocenters. The van der Waals surface area contributed by atoms with Gasteiger partial charge in [-0.1, -0.05) is 71.6 Å². The third-order valence-corrected chi connectivity index (χ3v) is 4.76. The van der Waals surface area contributed by atoms with Gasteiger partial charge in [-0.3, -0.25) is 4.79 Å². The first-order chi connectivity index (χ1) is 13.5. The maximum absolute atomic E-state index is 12.4. The summed E-state index contributed by atoms with van der Waals surface area (Å²) < 4.78 is 5.40. The molecule has 0 spiro atoms. The monoisotopic (exact) mass is 419 g/mol. The first-order valence-electron chi connectivity index (χ1n) is 10.5. The van der Waals surface area contributed by atoms with Gasteiger partial charge in [-0.15, -0.1) is 6.42 Å². The maximum atomic E-state index is 12.4. The highest BCUT2D eigenvalue weighted by atomic mass is 32.1. The number of carbonyl (C=O) groups excluding carboxylic acids is 2. The summed E-state index contributed by atoms with van der Waals surface area (Å²) in [5.41, 5.74) is 1.18. The second-order valence-corrected chi connectivity index (χ2v) is 7.56. The molecule has 0 heterocycles. The van der Waals surface area contributed by atoms with Crippen LogP contribution in [0.15, 0.2) is 24.3 Å². The van der Waals surface area contributed by atoms with E-state index in [4.69, 9.17) is 11.2 Å². The number of terminal acetylenes is 1. The van der Waals surface area contributed by atoms with Crippen LogP contribution in [0.5, 0.6) is 0 Å². The first-order valence-corrected chi connectivity index (χ1v) is 10.5. The van der Waals surface area contributed by atoms with Crippen LogP contribution in [0, 0.1) is 18.3 Å². The molecule has 0 bridgehead atoms. The smallest absolute Gasteiger partial charge is 0.328 e. The molecular formula is C24H37NO3S. The number of amides is 1. The number of hydrogen-bond donors (Lipinski definition) is 1. The third-order valence-electron chi connectivity index (χ3n) is 4.76. The van der Waals surface area contributed by atoms with E-state index in [2.05, 4.69) is 18.2 Å². The van der Waals surface area contributed by atoms with Crippen molar-refractivity contribution in [1.29, 1.82) is 0 Å². The van der Waals surface area contributed by atoms with Crippen molar-refractivity contribution in [1.82, 2.24) is 5.32 Å². The fourth-order valence-corrected chi connectivity index (χ4v) is 2.94. The van der Waals surface area contributed by atoms with E-state index in [-0.39, 0.29) is 31.3 Å². The van der Waals surface area contributed by atoms with E-state index < -0.39 is 6.04 Å². The summed E-state index contributed by atoms with van der Waals surface area (Å²) in [6, 6.07) is 6.08. The van der Waals surface area contributed by atoms with Crippen LogP contribution in [0.4, 0.5) is 0 Å². The Labute approximate surface area is 183 Å². The Balaban J connectivity index is 0.00000784. The zero-order valence-corrected chi connectivity index (χ0v) is 19.1. The predicted octanol–water partition coefficient (Wildman–Crippen LogP) is 5.22. The molecule has 0 aliphatic carbocycles. The summed E-state index contributed by atoms with van der Waals surface area (Å²) >= 11 is 0. The van der Waals surface area contributed by atoms with Crippen molar-refractivity contribution in [3.8, 4) is 12.3 Å². The Morgan fingerprint density at radius 3 is 2.07 bits per heavy atom. The van der Waals surface area contributed by atoms with Crippen LogP contribution in [-0.4, -0.2) is 24.5 Å². The van der Waals surface area contributed by atoms with Crippen molar-refractivity contribution >= 4 is 25.4 Å². The average molecular weight is 420 g/mol. The molecular weight excluding hydrogens is 382 g/mol. The Hall–Kier alpha value is -1.93. The van der Waals surface area contributed by atoms with Gasteiger partial charge in [-0.05, 0) is 36.6 Å². The SMILES string of the molecule is C#Cc1ccc(C(=O)N[C@H](C(=O)OCCCCCCCCCC)C(C)C)cc1.S. The highest BCUT2D eigenvalue weighted by Crippen LogP contribution is 2.10. The van der Waals surface area contributed by atoms with E-state index in [1.165, 1.54) is 38.5 Å². The largest absolute Gasteiger partial charge is 0.464 e. The summed E-state index contributed by atoms with van der Waals surface area (Å²) in [6.07, 6.45) is 14.9. The second kappa shape index (κ2) is 15.9. The van der Waals surface area contributed by atoms with Crippen LogP contribution in [0.1, 0.15) is 88.1 Å². The summed E-state index contributed by atoms with van der Waals surface area (Å²) in [6.45, 7) is 6.41. The summed E-state index contributed by atoms with van der Waals surface area (Å²) in [4.78, 5) is 24.8. The highest BCUT2D eigenvalue weighted by Gasteiger charge is 2.26. The van der Waals surface area contributed by atoms with Gasteiger partial charge >= 0.3 is 5.97 Å². The predicted molar refractivity (Wildman–Crippen MR) is 124 cm³/mol. The fourth-order valence-electron chi connectivity index (χ4n) is 2.94. The first kappa shape index (κ1) is 27.1. The molecule has 0 radical (unpaired) electrons. The third kappa shape index (κ3) is 11.0. The lowest BCUT2D eigenvalue weighted by Crippen LogP contribution is -2.45. The lowest BCUT2D eigenvalue weighted by atomic mass is 10.0. The molecule has 0 saturated heterocycles. The topological polar surface area (TPSA) is 55.4 Å². The number of benzene rings is 1. The number of carbonyl (C=O) groups is 2. The number of hydrogen-bond acceptors (Lipinski definition) is 3. The molecule has 0 saturated carbocycles. The lowest BCUT2D eigenvalue weighted by Gasteiger charge is -2.21. The van der Waals surface area contributed by atoms with Crippen LogP contribution in [-0.2, 0) is 9.53 Å². The number of ether oxygens (including phenoxy) is 1. The number of nitrogens with one attached hydrogen (secondary N) is 1. The molecule has 0 fully saturated rings. The molecule has 1 aromatic carbocycles. The number of esters is 1. The lowest BCUT2D eigenvalue weighted by molar-refractivity contribution is -0.147. The van der Waals surface area contributed by atoms with E-state index >= 15 is 0 Å². The zero-order valence-electron chi connectivity index (χ0n) is 18.1. The Kier molecular flexibility index (Phi) is 14.9. The van der Waals surface area contributed by atoms with Crippen LogP contribution < -0.4 is 5.32 Å². The minimum absolute atomic E-state index is 0. The second-order valence-electron chi connectivity index (χ2n) is 7.56. The molecule has 1 aromatic rings. The van der Waals surface area contributed by atoms with Crippen molar-refractivity contribution in [2.24, 2.45) is 5.92 Å². The summed E-state index contributed by atoms with van der Waals surface area (Å²) in [5, 5.41) is 2.79. The molecule has 5 heteroatoms. The molecule has 1 amide bonds. The van der Waals surface area contributed by atoms with Gasteiger partial charge in [0.2, 0.25) is 0 Å².